The molecule has 0 saturated carbocycles. The van der Waals surface area contributed by atoms with Crippen molar-refractivity contribution in [2.45, 2.75) is 11.8 Å². The normalized spacial score (nSPS) is 11.0. The van der Waals surface area contributed by atoms with Crippen LogP contribution >= 0.6 is 0 Å². The van der Waals surface area contributed by atoms with Gasteiger partial charge in [-0.05, 0) is 43.3 Å². The van der Waals surface area contributed by atoms with Crippen LogP contribution in [0.4, 0.5) is 11.4 Å². The van der Waals surface area contributed by atoms with Crippen molar-refractivity contribution in [1.82, 2.24) is 0 Å². The first kappa shape index (κ1) is 16.8. The summed E-state index contributed by atoms with van der Waals surface area (Å²) in [6, 6.07) is 12.7. The largest absolute Gasteiger partial charge is 0.468 e. The quantitative estimate of drug-likeness (QED) is 0.667. The minimum atomic E-state index is -3.91. The van der Waals surface area contributed by atoms with Gasteiger partial charge in [0.25, 0.3) is 10.0 Å². The highest BCUT2D eigenvalue weighted by atomic mass is 32.2. The Kier molecular flexibility index (Phi) is 4.90. The fourth-order valence-electron chi connectivity index (χ4n) is 1.97. The lowest BCUT2D eigenvalue weighted by Gasteiger charge is -2.23. The number of ether oxygens (including phenoxy) is 1. The number of carbonyl (C=O) groups excluding carboxylic acids is 1. The van der Waals surface area contributed by atoms with Gasteiger partial charge < -0.3 is 10.5 Å². The van der Waals surface area contributed by atoms with Crippen molar-refractivity contribution >= 4 is 27.4 Å². The smallest absolute Gasteiger partial charge is 0.326 e. The van der Waals surface area contributed by atoms with Gasteiger partial charge in [0, 0.05) is 5.69 Å². The maximum Gasteiger partial charge on any atom is 0.326 e. The molecule has 122 valence electrons. The molecule has 0 aliphatic carbocycles. The van der Waals surface area contributed by atoms with Crippen LogP contribution in [0.5, 0.6) is 0 Å². The summed E-state index contributed by atoms with van der Waals surface area (Å²) in [5.41, 5.74) is 7.42. The molecule has 0 aromatic heterocycles. The lowest BCUT2D eigenvalue weighted by molar-refractivity contribution is -0.138. The molecule has 0 unspecified atom stereocenters. The number of benzene rings is 2. The molecule has 2 aromatic rings. The highest BCUT2D eigenvalue weighted by Gasteiger charge is 2.27. The highest BCUT2D eigenvalue weighted by molar-refractivity contribution is 7.92. The van der Waals surface area contributed by atoms with E-state index in [1.165, 1.54) is 31.4 Å². The number of carbonyl (C=O) groups is 1. The van der Waals surface area contributed by atoms with Gasteiger partial charge in [-0.1, -0.05) is 17.7 Å². The van der Waals surface area contributed by atoms with E-state index >= 15 is 0 Å². The summed E-state index contributed by atoms with van der Waals surface area (Å²) in [6.45, 7) is 1.48. The fourth-order valence-corrected chi connectivity index (χ4v) is 3.38. The predicted octanol–water partition coefficient (Wildman–Crippen LogP) is 1.95. The third-order valence-electron chi connectivity index (χ3n) is 3.29. The number of nitrogens with zero attached hydrogens (tertiary/aromatic N) is 1. The minimum Gasteiger partial charge on any atom is -0.468 e. The van der Waals surface area contributed by atoms with Crippen LogP contribution in [0.1, 0.15) is 5.56 Å². The van der Waals surface area contributed by atoms with Crippen LogP contribution in [0.15, 0.2) is 53.4 Å². The molecule has 0 heterocycles. The molecule has 7 heteroatoms. The van der Waals surface area contributed by atoms with Crippen LogP contribution in [0.2, 0.25) is 0 Å². The molecule has 0 aliphatic rings. The van der Waals surface area contributed by atoms with Crippen molar-refractivity contribution < 1.29 is 17.9 Å². The first-order valence-electron chi connectivity index (χ1n) is 6.86. The number of rotatable bonds is 5. The summed E-state index contributed by atoms with van der Waals surface area (Å²) in [7, 11) is -2.70. The molecule has 0 aliphatic heterocycles. The Morgan fingerprint density at radius 3 is 2.17 bits per heavy atom. The molecule has 0 amide bonds. The average molecular weight is 334 g/mol. The zero-order valence-electron chi connectivity index (χ0n) is 12.9. The third kappa shape index (κ3) is 3.81. The number of aryl methyl sites for hydroxylation is 1. The number of nitrogens with two attached hydrogens (primary N) is 1. The molecular weight excluding hydrogens is 316 g/mol. The van der Waals surface area contributed by atoms with E-state index in [0.717, 1.165) is 9.87 Å². The van der Waals surface area contributed by atoms with Crippen LogP contribution in [0.25, 0.3) is 0 Å². The van der Waals surface area contributed by atoms with E-state index in [1.807, 2.05) is 6.92 Å². The average Bonchev–Trinajstić information content (AvgIpc) is 2.53. The molecule has 0 atom stereocenters. The van der Waals surface area contributed by atoms with Gasteiger partial charge in [-0.3, -0.25) is 9.10 Å². The topological polar surface area (TPSA) is 89.7 Å². The second-order valence-electron chi connectivity index (χ2n) is 4.99. The summed E-state index contributed by atoms with van der Waals surface area (Å²) in [5.74, 6) is -0.649. The summed E-state index contributed by atoms with van der Waals surface area (Å²) in [5, 5.41) is 0. The third-order valence-corrected chi connectivity index (χ3v) is 5.08. The molecule has 2 aromatic carbocycles. The number of esters is 1. The van der Waals surface area contributed by atoms with Crippen LogP contribution in [-0.2, 0) is 19.6 Å². The molecule has 0 radical (unpaired) electrons. The SMILES string of the molecule is COC(=O)CN(c1ccc(C)cc1)S(=O)(=O)c1ccc(N)cc1. The summed E-state index contributed by atoms with van der Waals surface area (Å²) in [6.07, 6.45) is 0. The molecule has 23 heavy (non-hydrogen) atoms. The summed E-state index contributed by atoms with van der Waals surface area (Å²) in [4.78, 5) is 11.7. The molecule has 0 spiro atoms. The van der Waals surface area contributed by atoms with Crippen LogP contribution < -0.4 is 10.0 Å². The number of nitrogen functional groups attached to an aromatic ring is 1. The molecule has 2 N–H and O–H groups in total. The minimum absolute atomic E-state index is 0.0520. The second kappa shape index (κ2) is 6.70. The molecular formula is C16H18N2O4S. The maximum atomic E-state index is 12.9. The zero-order valence-corrected chi connectivity index (χ0v) is 13.7. The van der Waals surface area contributed by atoms with Crippen molar-refractivity contribution in [3.8, 4) is 0 Å². The van der Waals surface area contributed by atoms with Crippen molar-refractivity contribution in [2.24, 2.45) is 0 Å². The Morgan fingerprint density at radius 1 is 1.09 bits per heavy atom. The monoisotopic (exact) mass is 334 g/mol. The number of methoxy groups -OCH3 is 1. The number of sulfonamides is 1. The second-order valence-corrected chi connectivity index (χ2v) is 6.85. The summed E-state index contributed by atoms with van der Waals surface area (Å²) >= 11 is 0. The predicted molar refractivity (Wildman–Crippen MR) is 88.6 cm³/mol. The van der Waals surface area contributed by atoms with E-state index in [0.29, 0.717) is 11.4 Å². The molecule has 6 nitrogen and oxygen atoms in total. The van der Waals surface area contributed by atoms with E-state index in [1.54, 1.807) is 24.3 Å². The van der Waals surface area contributed by atoms with Crippen LogP contribution in [-0.4, -0.2) is 28.0 Å². The van der Waals surface area contributed by atoms with Crippen molar-refractivity contribution in [2.75, 3.05) is 23.7 Å². The molecule has 0 fully saturated rings. The fraction of sp³-hybridized carbons (Fsp3) is 0.188. The first-order chi connectivity index (χ1) is 10.8. The standard InChI is InChI=1S/C16H18N2O4S/c1-12-3-7-14(8-4-12)18(11-16(19)22-2)23(20,21)15-9-5-13(17)6-10-15/h3-10H,11,17H2,1-2H3. The van der Waals surface area contributed by atoms with Gasteiger partial charge in [0.2, 0.25) is 0 Å². The highest BCUT2D eigenvalue weighted by Crippen LogP contribution is 2.24. The number of anilines is 2. The van der Waals surface area contributed by atoms with Gasteiger partial charge in [0.1, 0.15) is 6.54 Å². The Morgan fingerprint density at radius 2 is 1.65 bits per heavy atom. The van der Waals surface area contributed by atoms with Gasteiger partial charge in [0.05, 0.1) is 17.7 Å². The van der Waals surface area contributed by atoms with Gasteiger partial charge in [0.15, 0.2) is 0 Å². The number of hydrogen-bond acceptors (Lipinski definition) is 5. The van der Waals surface area contributed by atoms with Crippen molar-refractivity contribution in [1.29, 1.82) is 0 Å². The Bertz CT molecular complexity index is 784. The van der Waals surface area contributed by atoms with Gasteiger partial charge >= 0.3 is 5.97 Å². The Hall–Kier alpha value is -2.54. The van der Waals surface area contributed by atoms with Crippen LogP contribution in [0.3, 0.4) is 0 Å². The molecule has 2 rings (SSSR count). The van der Waals surface area contributed by atoms with Gasteiger partial charge in [-0.2, -0.15) is 0 Å². The van der Waals surface area contributed by atoms with Crippen molar-refractivity contribution in [3.63, 3.8) is 0 Å². The number of hydrogen-bond donors (Lipinski definition) is 1. The Balaban J connectivity index is 2.49. The van der Waals surface area contributed by atoms with E-state index in [9.17, 15) is 13.2 Å². The maximum absolute atomic E-state index is 12.9. The summed E-state index contributed by atoms with van der Waals surface area (Å²) < 4.78 is 31.3. The van der Waals surface area contributed by atoms with Crippen LogP contribution in [0, 0.1) is 6.92 Å². The molecule has 0 saturated heterocycles. The van der Waals surface area contributed by atoms with E-state index in [2.05, 4.69) is 4.74 Å². The van der Waals surface area contributed by atoms with E-state index < -0.39 is 22.5 Å². The van der Waals surface area contributed by atoms with E-state index in [4.69, 9.17) is 5.73 Å². The van der Waals surface area contributed by atoms with E-state index in [-0.39, 0.29) is 4.90 Å². The van der Waals surface area contributed by atoms with Crippen molar-refractivity contribution in [3.05, 3.63) is 54.1 Å². The Labute approximate surface area is 135 Å². The zero-order chi connectivity index (χ0) is 17.0. The van der Waals surface area contributed by atoms with Gasteiger partial charge in [-0.15, -0.1) is 0 Å². The lowest BCUT2D eigenvalue weighted by Crippen LogP contribution is -2.36. The molecule has 0 bridgehead atoms. The van der Waals surface area contributed by atoms with Gasteiger partial charge in [-0.25, -0.2) is 8.42 Å². The lowest BCUT2D eigenvalue weighted by atomic mass is 10.2. The first-order valence-corrected chi connectivity index (χ1v) is 8.30.